The second-order valence-corrected chi connectivity index (χ2v) is 8.14. The number of carbonyl (C=O) groups excluding carboxylic acids is 1. The third-order valence-electron chi connectivity index (χ3n) is 4.27. The minimum absolute atomic E-state index is 0.255. The summed E-state index contributed by atoms with van der Waals surface area (Å²) in [5.41, 5.74) is 3.20. The minimum atomic E-state index is -0.395. The number of halogens is 2. The number of hydroxylamine groups is 1. The van der Waals surface area contributed by atoms with Crippen molar-refractivity contribution in [3.05, 3.63) is 56.5 Å². The van der Waals surface area contributed by atoms with E-state index in [1.54, 1.807) is 35.9 Å². The predicted molar refractivity (Wildman–Crippen MR) is 103 cm³/mol. The van der Waals surface area contributed by atoms with Gasteiger partial charge in [0.1, 0.15) is 5.82 Å². The van der Waals surface area contributed by atoms with Gasteiger partial charge in [0.15, 0.2) is 0 Å². The van der Waals surface area contributed by atoms with Crippen molar-refractivity contribution in [2.45, 2.75) is 39.2 Å². The molecule has 1 amide bonds. The molecule has 0 bridgehead atoms. The number of hydrogen-bond donors (Lipinski definition) is 3. The van der Waals surface area contributed by atoms with Crippen LogP contribution in [-0.4, -0.2) is 17.7 Å². The quantitative estimate of drug-likeness (QED) is 0.314. The summed E-state index contributed by atoms with van der Waals surface area (Å²) in [5.74, 6) is -0.982. The number of unbranched alkanes of at least 4 members (excludes halogenated alkanes) is 1. The van der Waals surface area contributed by atoms with Crippen LogP contribution in [0.1, 0.15) is 35.3 Å². The summed E-state index contributed by atoms with van der Waals surface area (Å²) >= 11 is 7.46. The van der Waals surface area contributed by atoms with E-state index in [0.717, 1.165) is 35.8 Å². The Hall–Kier alpha value is -1.47. The zero-order valence-electron chi connectivity index (χ0n) is 14.7. The van der Waals surface area contributed by atoms with Crippen molar-refractivity contribution in [2.24, 2.45) is 5.92 Å². The number of nitrogens with one attached hydrogen (secondary N) is 2. The van der Waals surface area contributed by atoms with E-state index in [-0.39, 0.29) is 11.7 Å². The lowest BCUT2D eigenvalue weighted by molar-refractivity contribution is -0.133. The molecule has 142 valence electrons. The molecular weight excluding hydrogens is 375 g/mol. The zero-order chi connectivity index (χ0) is 18.9. The Kier molecular flexibility index (Phi) is 8.51. The zero-order valence-corrected chi connectivity index (χ0v) is 16.3. The molecule has 26 heavy (non-hydrogen) atoms. The van der Waals surface area contributed by atoms with Crippen molar-refractivity contribution in [1.82, 2.24) is 10.8 Å². The third kappa shape index (κ3) is 6.68. The molecule has 7 heteroatoms. The number of rotatable bonds is 10. The number of carbonyl (C=O) groups is 1. The fourth-order valence-electron chi connectivity index (χ4n) is 2.83. The van der Waals surface area contributed by atoms with Crippen LogP contribution < -0.4 is 10.8 Å². The van der Waals surface area contributed by atoms with E-state index in [9.17, 15) is 9.18 Å². The van der Waals surface area contributed by atoms with Crippen LogP contribution in [-0.2, 0) is 17.8 Å². The number of benzene rings is 1. The van der Waals surface area contributed by atoms with Crippen LogP contribution in [0, 0.1) is 18.7 Å². The summed E-state index contributed by atoms with van der Waals surface area (Å²) in [4.78, 5) is 13.1. The van der Waals surface area contributed by atoms with E-state index in [0.29, 0.717) is 18.4 Å². The van der Waals surface area contributed by atoms with Gasteiger partial charge in [-0.15, -0.1) is 11.3 Å². The highest BCUT2D eigenvalue weighted by Gasteiger charge is 2.18. The highest BCUT2D eigenvalue weighted by Crippen LogP contribution is 2.21. The standard InChI is InChI=1S/C19H24ClFN2O2S/c1-13-10-14(5-7-17(13)21)11-15(19(24)23-25)4-2-3-9-22-12-16-6-8-18(20)26-16/h5-8,10,15,22,25H,2-4,9,11-12H2,1H3,(H,23,24)/t15-/m0/s1. The van der Waals surface area contributed by atoms with Crippen molar-refractivity contribution in [3.63, 3.8) is 0 Å². The first-order chi connectivity index (χ1) is 12.5. The Morgan fingerprint density at radius 3 is 2.77 bits per heavy atom. The van der Waals surface area contributed by atoms with Crippen LogP contribution >= 0.6 is 22.9 Å². The maximum Gasteiger partial charge on any atom is 0.246 e. The SMILES string of the molecule is Cc1cc(C[C@H](CCCCNCc2ccc(Cl)s2)C(=O)NO)ccc1F. The minimum Gasteiger partial charge on any atom is -0.312 e. The Balaban J connectivity index is 1.74. The van der Waals surface area contributed by atoms with Gasteiger partial charge in [-0.05, 0) is 62.1 Å². The largest absolute Gasteiger partial charge is 0.312 e. The second kappa shape index (κ2) is 10.6. The average molecular weight is 399 g/mol. The fourth-order valence-corrected chi connectivity index (χ4v) is 3.89. The van der Waals surface area contributed by atoms with E-state index < -0.39 is 5.91 Å². The molecule has 0 fully saturated rings. The van der Waals surface area contributed by atoms with E-state index in [2.05, 4.69) is 5.32 Å². The summed E-state index contributed by atoms with van der Waals surface area (Å²) in [5, 5.41) is 12.3. The van der Waals surface area contributed by atoms with E-state index in [4.69, 9.17) is 16.8 Å². The van der Waals surface area contributed by atoms with Crippen LogP contribution in [0.4, 0.5) is 4.39 Å². The Labute approximate surface area is 162 Å². The monoisotopic (exact) mass is 398 g/mol. The van der Waals surface area contributed by atoms with Crippen molar-refractivity contribution in [2.75, 3.05) is 6.54 Å². The molecule has 1 atom stereocenters. The first kappa shape index (κ1) is 20.8. The van der Waals surface area contributed by atoms with Gasteiger partial charge in [-0.3, -0.25) is 10.0 Å². The predicted octanol–water partition coefficient (Wildman–Crippen LogP) is 4.47. The normalized spacial score (nSPS) is 12.2. The topological polar surface area (TPSA) is 61.4 Å². The third-order valence-corrected chi connectivity index (χ3v) is 5.50. The highest BCUT2D eigenvalue weighted by atomic mass is 35.5. The summed E-state index contributed by atoms with van der Waals surface area (Å²) in [6, 6.07) is 8.75. The molecule has 4 nitrogen and oxygen atoms in total. The summed E-state index contributed by atoms with van der Waals surface area (Å²) in [7, 11) is 0. The maximum atomic E-state index is 13.4. The molecular formula is C19H24ClFN2O2S. The van der Waals surface area contributed by atoms with Crippen LogP contribution in [0.5, 0.6) is 0 Å². The number of thiophene rings is 1. The molecule has 0 radical (unpaired) electrons. The van der Waals surface area contributed by atoms with E-state index >= 15 is 0 Å². The first-order valence-electron chi connectivity index (χ1n) is 8.63. The van der Waals surface area contributed by atoms with Gasteiger partial charge >= 0.3 is 0 Å². The van der Waals surface area contributed by atoms with Gasteiger partial charge in [0, 0.05) is 17.3 Å². The van der Waals surface area contributed by atoms with Gasteiger partial charge < -0.3 is 5.32 Å². The number of aryl methyl sites for hydroxylation is 1. The van der Waals surface area contributed by atoms with Gasteiger partial charge in [0.05, 0.1) is 4.34 Å². The van der Waals surface area contributed by atoms with Gasteiger partial charge in [-0.1, -0.05) is 30.2 Å². The van der Waals surface area contributed by atoms with Crippen molar-refractivity contribution in [1.29, 1.82) is 0 Å². The molecule has 0 aliphatic heterocycles. The molecule has 1 aromatic heterocycles. The fraction of sp³-hybridized carbons (Fsp3) is 0.421. The van der Waals surface area contributed by atoms with Crippen LogP contribution in [0.15, 0.2) is 30.3 Å². The summed E-state index contributed by atoms with van der Waals surface area (Å²) in [6.45, 7) is 3.33. The lowest BCUT2D eigenvalue weighted by atomic mass is 9.92. The Morgan fingerprint density at radius 1 is 1.31 bits per heavy atom. The molecule has 1 heterocycles. The molecule has 3 N–H and O–H groups in total. The molecule has 0 saturated heterocycles. The highest BCUT2D eigenvalue weighted by molar-refractivity contribution is 7.16. The second-order valence-electron chi connectivity index (χ2n) is 6.34. The van der Waals surface area contributed by atoms with Gasteiger partial charge in [0.2, 0.25) is 5.91 Å². The van der Waals surface area contributed by atoms with Crippen molar-refractivity contribution < 1.29 is 14.4 Å². The van der Waals surface area contributed by atoms with E-state index in [1.807, 2.05) is 12.1 Å². The van der Waals surface area contributed by atoms with Crippen LogP contribution in [0.25, 0.3) is 0 Å². The molecule has 1 aromatic carbocycles. The molecule has 0 saturated carbocycles. The molecule has 2 aromatic rings. The Morgan fingerprint density at radius 2 is 2.12 bits per heavy atom. The average Bonchev–Trinajstić information content (AvgIpc) is 3.04. The summed E-state index contributed by atoms with van der Waals surface area (Å²) < 4.78 is 14.2. The van der Waals surface area contributed by atoms with Crippen molar-refractivity contribution >= 4 is 28.8 Å². The smallest absolute Gasteiger partial charge is 0.246 e. The molecule has 2 rings (SSSR count). The number of hydrogen-bond acceptors (Lipinski definition) is 4. The molecule has 0 aliphatic rings. The van der Waals surface area contributed by atoms with Crippen LogP contribution in [0.2, 0.25) is 4.34 Å². The Bertz CT molecular complexity index is 723. The van der Waals surface area contributed by atoms with Crippen molar-refractivity contribution in [3.8, 4) is 0 Å². The lowest BCUT2D eigenvalue weighted by Gasteiger charge is -2.15. The molecule has 0 spiro atoms. The van der Waals surface area contributed by atoms with Gasteiger partial charge in [0.25, 0.3) is 0 Å². The molecule has 0 unspecified atom stereocenters. The summed E-state index contributed by atoms with van der Waals surface area (Å²) in [6.07, 6.45) is 2.93. The maximum absolute atomic E-state index is 13.4. The van der Waals surface area contributed by atoms with Gasteiger partial charge in [-0.2, -0.15) is 0 Å². The lowest BCUT2D eigenvalue weighted by Crippen LogP contribution is -2.29. The molecule has 0 aliphatic carbocycles. The van der Waals surface area contributed by atoms with Crippen LogP contribution in [0.3, 0.4) is 0 Å². The number of amides is 1. The van der Waals surface area contributed by atoms with Gasteiger partial charge in [-0.25, -0.2) is 9.87 Å². The van der Waals surface area contributed by atoms with E-state index in [1.165, 1.54) is 10.9 Å². The first-order valence-corrected chi connectivity index (χ1v) is 9.83.